The fraction of sp³-hybridized carbons (Fsp3) is 0.316. The Kier molecular flexibility index (Phi) is 4.63. The summed E-state index contributed by atoms with van der Waals surface area (Å²) in [6.45, 7) is 2.61. The molecule has 3 rings (SSSR count). The summed E-state index contributed by atoms with van der Waals surface area (Å²) < 4.78 is 5.43. The van der Waals surface area contributed by atoms with Crippen LogP contribution in [0.1, 0.15) is 36.5 Å². The molecule has 23 heavy (non-hydrogen) atoms. The highest BCUT2D eigenvalue weighted by Gasteiger charge is 2.40. The van der Waals surface area contributed by atoms with Gasteiger partial charge in [-0.1, -0.05) is 42.5 Å². The molecule has 2 N–H and O–H groups in total. The van der Waals surface area contributed by atoms with Gasteiger partial charge in [-0.25, -0.2) is 0 Å². The molecule has 0 radical (unpaired) electrons. The van der Waals surface area contributed by atoms with Crippen LogP contribution in [0.4, 0.5) is 0 Å². The summed E-state index contributed by atoms with van der Waals surface area (Å²) in [4.78, 5) is 12.1. The van der Waals surface area contributed by atoms with Crippen LogP contribution in [0.25, 0.3) is 0 Å². The van der Waals surface area contributed by atoms with E-state index in [-0.39, 0.29) is 11.9 Å². The van der Waals surface area contributed by atoms with Crippen LogP contribution in [0.2, 0.25) is 0 Å². The number of carbonyl (C=O) groups excluding carboxylic acids is 1. The first-order valence-corrected chi connectivity index (χ1v) is 7.95. The molecule has 4 nitrogen and oxygen atoms in total. The highest BCUT2D eigenvalue weighted by Crippen LogP contribution is 2.41. The van der Waals surface area contributed by atoms with E-state index in [1.165, 1.54) is 5.56 Å². The van der Waals surface area contributed by atoms with Crippen LogP contribution < -0.4 is 10.1 Å². The molecular weight excluding hydrogens is 290 g/mol. The van der Waals surface area contributed by atoms with Crippen LogP contribution in [-0.2, 0) is 4.79 Å². The Hall–Kier alpha value is -2.33. The van der Waals surface area contributed by atoms with Crippen molar-refractivity contribution in [3.8, 4) is 5.75 Å². The summed E-state index contributed by atoms with van der Waals surface area (Å²) in [5, 5.41) is 13.0. The molecule has 0 unspecified atom stereocenters. The molecular formula is C19H21NO3. The van der Waals surface area contributed by atoms with Crippen molar-refractivity contribution >= 4 is 5.91 Å². The van der Waals surface area contributed by atoms with Gasteiger partial charge in [0.05, 0.1) is 6.61 Å². The molecule has 0 bridgehead atoms. The van der Waals surface area contributed by atoms with Crippen LogP contribution in [0.3, 0.4) is 0 Å². The first-order chi connectivity index (χ1) is 11.2. The Balaban J connectivity index is 1.55. The van der Waals surface area contributed by atoms with Crippen LogP contribution in [-0.4, -0.2) is 23.7 Å². The van der Waals surface area contributed by atoms with Gasteiger partial charge in [-0.2, -0.15) is 0 Å². The Bertz CT molecular complexity index is 654. The fourth-order valence-electron chi connectivity index (χ4n) is 2.75. The maximum atomic E-state index is 12.1. The lowest BCUT2D eigenvalue weighted by Gasteiger charge is -2.11. The van der Waals surface area contributed by atoms with Crippen molar-refractivity contribution in [3.63, 3.8) is 0 Å². The van der Waals surface area contributed by atoms with E-state index >= 15 is 0 Å². The highest BCUT2D eigenvalue weighted by atomic mass is 16.5. The maximum Gasteiger partial charge on any atom is 0.253 e. The third kappa shape index (κ3) is 3.71. The van der Waals surface area contributed by atoms with Crippen LogP contribution in [0, 0.1) is 0 Å². The minimum atomic E-state index is -1.11. The largest absolute Gasteiger partial charge is 0.494 e. The Morgan fingerprint density at radius 2 is 1.91 bits per heavy atom. The van der Waals surface area contributed by atoms with E-state index in [1.807, 2.05) is 49.4 Å². The number of aliphatic hydroxyl groups excluding tert-OH is 1. The maximum absolute atomic E-state index is 12.1. The summed E-state index contributed by atoms with van der Waals surface area (Å²) in [6, 6.07) is 17.1. The molecule has 1 fully saturated rings. The zero-order chi connectivity index (χ0) is 16.2. The Morgan fingerprint density at radius 1 is 1.22 bits per heavy atom. The summed E-state index contributed by atoms with van der Waals surface area (Å²) in [7, 11) is 0. The van der Waals surface area contributed by atoms with Gasteiger partial charge in [-0.3, -0.25) is 4.79 Å². The van der Waals surface area contributed by atoms with E-state index in [2.05, 4.69) is 5.32 Å². The van der Waals surface area contributed by atoms with E-state index < -0.39 is 6.10 Å². The lowest BCUT2D eigenvalue weighted by Crippen LogP contribution is -2.31. The van der Waals surface area contributed by atoms with Crippen LogP contribution in [0.5, 0.6) is 5.75 Å². The fourth-order valence-corrected chi connectivity index (χ4v) is 2.75. The quantitative estimate of drug-likeness (QED) is 0.862. The second-order valence-electron chi connectivity index (χ2n) is 5.77. The number of rotatable bonds is 6. The van der Waals surface area contributed by atoms with Crippen molar-refractivity contribution < 1.29 is 14.6 Å². The molecule has 2 aromatic rings. The van der Waals surface area contributed by atoms with Crippen molar-refractivity contribution in [1.82, 2.24) is 5.32 Å². The lowest BCUT2D eigenvalue weighted by molar-refractivity contribution is -0.129. The number of hydrogen-bond acceptors (Lipinski definition) is 3. The molecule has 1 saturated carbocycles. The first-order valence-electron chi connectivity index (χ1n) is 7.95. The molecule has 3 atom stereocenters. The standard InChI is InChI=1S/C19H21NO3/c1-2-23-15-10-8-13(9-11-15)16-12-17(16)20-19(22)18(21)14-6-4-3-5-7-14/h3-11,16-18,21H,2,12H2,1H3,(H,20,22)/t16-,17+,18-/m0/s1. The first kappa shape index (κ1) is 15.6. The number of aliphatic hydroxyl groups is 1. The summed E-state index contributed by atoms with van der Waals surface area (Å²) in [5.74, 6) is 0.837. The van der Waals surface area contributed by atoms with Crippen LogP contribution in [0.15, 0.2) is 54.6 Å². The molecule has 1 aliphatic carbocycles. The van der Waals surface area contributed by atoms with Gasteiger partial charge in [0.2, 0.25) is 0 Å². The zero-order valence-corrected chi connectivity index (χ0v) is 13.1. The number of carbonyl (C=O) groups is 1. The summed E-state index contributed by atoms with van der Waals surface area (Å²) in [5.41, 5.74) is 1.80. The lowest BCUT2D eigenvalue weighted by atomic mass is 10.1. The summed E-state index contributed by atoms with van der Waals surface area (Å²) in [6.07, 6.45) is -0.209. The van der Waals surface area contributed by atoms with Gasteiger partial charge in [-0.15, -0.1) is 0 Å². The predicted octanol–water partition coefficient (Wildman–Crippen LogP) is 2.79. The second kappa shape index (κ2) is 6.84. The second-order valence-corrected chi connectivity index (χ2v) is 5.77. The van der Waals surface area contributed by atoms with Gasteiger partial charge in [0.25, 0.3) is 5.91 Å². The van der Waals surface area contributed by atoms with Crippen molar-refractivity contribution in [2.75, 3.05) is 6.61 Å². The SMILES string of the molecule is CCOc1ccc([C@@H]2C[C@H]2NC(=O)[C@@H](O)c2ccccc2)cc1. The molecule has 1 aliphatic rings. The average Bonchev–Trinajstić information content (AvgIpc) is 3.35. The van der Waals surface area contributed by atoms with Gasteiger partial charge in [0.1, 0.15) is 5.75 Å². The van der Waals surface area contributed by atoms with Gasteiger partial charge < -0.3 is 15.2 Å². The van der Waals surface area contributed by atoms with Crippen molar-refractivity contribution in [1.29, 1.82) is 0 Å². The smallest absolute Gasteiger partial charge is 0.253 e. The van der Waals surface area contributed by atoms with E-state index in [4.69, 9.17) is 4.74 Å². The zero-order valence-electron chi connectivity index (χ0n) is 13.1. The van der Waals surface area contributed by atoms with E-state index in [1.54, 1.807) is 12.1 Å². The molecule has 4 heteroatoms. The summed E-state index contributed by atoms with van der Waals surface area (Å²) >= 11 is 0. The highest BCUT2D eigenvalue weighted by molar-refractivity contribution is 5.82. The molecule has 120 valence electrons. The molecule has 0 heterocycles. The third-order valence-electron chi connectivity index (χ3n) is 4.10. The minimum Gasteiger partial charge on any atom is -0.494 e. The molecule has 0 spiro atoms. The van der Waals surface area contributed by atoms with Crippen molar-refractivity contribution in [2.24, 2.45) is 0 Å². The van der Waals surface area contributed by atoms with Gasteiger partial charge in [0.15, 0.2) is 6.10 Å². The van der Waals surface area contributed by atoms with E-state index in [9.17, 15) is 9.90 Å². The molecule has 2 aromatic carbocycles. The van der Waals surface area contributed by atoms with Crippen molar-refractivity contribution in [3.05, 3.63) is 65.7 Å². The van der Waals surface area contributed by atoms with E-state index in [0.717, 1.165) is 12.2 Å². The number of ether oxygens (including phenoxy) is 1. The van der Waals surface area contributed by atoms with E-state index in [0.29, 0.717) is 18.1 Å². The van der Waals surface area contributed by atoms with Crippen LogP contribution >= 0.6 is 0 Å². The third-order valence-corrected chi connectivity index (χ3v) is 4.10. The minimum absolute atomic E-state index is 0.0961. The Morgan fingerprint density at radius 3 is 2.57 bits per heavy atom. The van der Waals surface area contributed by atoms with Gasteiger partial charge >= 0.3 is 0 Å². The predicted molar refractivity (Wildman–Crippen MR) is 88.3 cm³/mol. The van der Waals surface area contributed by atoms with Gasteiger partial charge in [0, 0.05) is 12.0 Å². The average molecular weight is 311 g/mol. The topological polar surface area (TPSA) is 58.6 Å². The molecule has 0 aromatic heterocycles. The number of nitrogens with one attached hydrogen (secondary N) is 1. The normalized spacial score (nSPS) is 20.6. The monoisotopic (exact) mass is 311 g/mol. The van der Waals surface area contributed by atoms with Gasteiger partial charge in [-0.05, 0) is 36.6 Å². The molecule has 1 amide bonds. The molecule has 0 saturated heterocycles. The molecule has 0 aliphatic heterocycles. The number of hydrogen-bond donors (Lipinski definition) is 2. The number of amides is 1. The van der Waals surface area contributed by atoms with Crippen molar-refractivity contribution in [2.45, 2.75) is 31.4 Å². The number of benzene rings is 2. The Labute approximate surface area is 136 Å².